The highest BCUT2D eigenvalue weighted by Crippen LogP contribution is 2.13. The van der Waals surface area contributed by atoms with Crippen LogP contribution in [0.15, 0.2) is 77.6 Å². The van der Waals surface area contributed by atoms with E-state index in [1.807, 2.05) is 12.1 Å². The molecule has 0 saturated carbocycles. The molecule has 1 aromatic heterocycles. The van der Waals surface area contributed by atoms with E-state index in [2.05, 4.69) is 20.6 Å². The summed E-state index contributed by atoms with van der Waals surface area (Å²) in [6, 6.07) is 19.6. The van der Waals surface area contributed by atoms with Crippen molar-refractivity contribution in [2.45, 2.75) is 25.8 Å². The fraction of sp³-hybridized carbons (Fsp3) is 0.154. The standard InChI is InChI=1S/C26H23FN4O3/c27-19-13-11-18(12-14-19)25(33)29-20-6-3-5-17(15-20)16-28-24(32)10-4-9-23-30-22-8-2-1-7-21(22)26(34)31-23/h1-3,5-8,11-15H,4,9-10,16H2,(H,28,32)(H,29,33)(H,30,31,34). The van der Waals surface area contributed by atoms with Crippen molar-refractivity contribution >= 4 is 28.4 Å². The predicted molar refractivity (Wildman–Crippen MR) is 128 cm³/mol. The van der Waals surface area contributed by atoms with Gasteiger partial charge in [0.1, 0.15) is 11.6 Å². The number of nitrogens with one attached hydrogen (secondary N) is 3. The molecule has 0 aliphatic carbocycles. The second-order valence-corrected chi connectivity index (χ2v) is 7.82. The summed E-state index contributed by atoms with van der Waals surface area (Å²) in [5.74, 6) is -0.317. The summed E-state index contributed by atoms with van der Waals surface area (Å²) in [5, 5.41) is 6.17. The van der Waals surface area contributed by atoms with E-state index < -0.39 is 5.82 Å². The fourth-order valence-electron chi connectivity index (χ4n) is 3.52. The summed E-state index contributed by atoms with van der Waals surface area (Å²) in [7, 11) is 0. The number of anilines is 1. The summed E-state index contributed by atoms with van der Waals surface area (Å²) in [4.78, 5) is 43.9. The van der Waals surface area contributed by atoms with Crippen LogP contribution in [0, 0.1) is 5.82 Å². The first-order valence-electron chi connectivity index (χ1n) is 10.9. The van der Waals surface area contributed by atoms with Crippen LogP contribution in [0.2, 0.25) is 0 Å². The molecular formula is C26H23FN4O3. The Kier molecular flexibility index (Phi) is 7.07. The molecule has 172 valence electrons. The quantitative estimate of drug-likeness (QED) is 0.372. The van der Waals surface area contributed by atoms with E-state index in [9.17, 15) is 18.8 Å². The summed E-state index contributed by atoms with van der Waals surface area (Å²) >= 11 is 0. The molecule has 0 unspecified atom stereocenters. The zero-order chi connectivity index (χ0) is 23.9. The van der Waals surface area contributed by atoms with Gasteiger partial charge in [0.25, 0.3) is 11.5 Å². The number of amides is 2. The van der Waals surface area contributed by atoms with E-state index in [-0.39, 0.29) is 23.8 Å². The predicted octanol–water partition coefficient (Wildman–Crippen LogP) is 3.95. The average Bonchev–Trinajstić information content (AvgIpc) is 2.83. The van der Waals surface area contributed by atoms with Crippen LogP contribution in [0.4, 0.5) is 10.1 Å². The third-order valence-electron chi connectivity index (χ3n) is 5.26. The molecule has 34 heavy (non-hydrogen) atoms. The molecule has 0 aliphatic heterocycles. The van der Waals surface area contributed by atoms with Crippen LogP contribution in [0.25, 0.3) is 10.9 Å². The van der Waals surface area contributed by atoms with Crippen molar-refractivity contribution in [3.63, 3.8) is 0 Å². The number of rotatable bonds is 8. The van der Waals surface area contributed by atoms with E-state index in [4.69, 9.17) is 0 Å². The number of halogens is 1. The van der Waals surface area contributed by atoms with Gasteiger partial charge in [-0.25, -0.2) is 9.37 Å². The summed E-state index contributed by atoms with van der Waals surface area (Å²) in [5.41, 5.74) is 2.20. The lowest BCUT2D eigenvalue weighted by atomic mass is 10.1. The highest BCUT2D eigenvalue weighted by molar-refractivity contribution is 6.04. The van der Waals surface area contributed by atoms with Gasteiger partial charge in [-0.15, -0.1) is 0 Å². The minimum absolute atomic E-state index is 0.121. The van der Waals surface area contributed by atoms with Crippen LogP contribution in [0.5, 0.6) is 0 Å². The Morgan fingerprint density at radius 2 is 1.76 bits per heavy atom. The molecule has 0 spiro atoms. The number of hydrogen-bond acceptors (Lipinski definition) is 4. The zero-order valence-corrected chi connectivity index (χ0v) is 18.3. The third kappa shape index (κ3) is 5.92. The third-order valence-corrected chi connectivity index (χ3v) is 5.26. The number of carbonyl (C=O) groups excluding carboxylic acids is 2. The molecule has 3 aromatic carbocycles. The number of hydrogen-bond donors (Lipinski definition) is 3. The molecule has 0 saturated heterocycles. The van der Waals surface area contributed by atoms with Crippen LogP contribution in [-0.2, 0) is 17.8 Å². The van der Waals surface area contributed by atoms with E-state index in [0.717, 1.165) is 5.56 Å². The van der Waals surface area contributed by atoms with Crippen molar-refractivity contribution in [3.8, 4) is 0 Å². The normalized spacial score (nSPS) is 10.7. The average molecular weight is 458 g/mol. The van der Waals surface area contributed by atoms with Gasteiger partial charge in [-0.2, -0.15) is 0 Å². The Labute approximate surface area is 195 Å². The number of nitrogens with zero attached hydrogens (tertiary/aromatic N) is 1. The molecule has 2 amide bonds. The van der Waals surface area contributed by atoms with Gasteiger partial charge in [-0.1, -0.05) is 24.3 Å². The van der Waals surface area contributed by atoms with Crippen LogP contribution < -0.4 is 16.2 Å². The first-order chi connectivity index (χ1) is 16.5. The molecule has 7 nitrogen and oxygen atoms in total. The minimum Gasteiger partial charge on any atom is -0.352 e. The minimum atomic E-state index is -0.406. The van der Waals surface area contributed by atoms with Gasteiger partial charge in [0.15, 0.2) is 0 Å². The smallest absolute Gasteiger partial charge is 0.258 e. The van der Waals surface area contributed by atoms with Gasteiger partial charge in [-0.05, 0) is 60.5 Å². The van der Waals surface area contributed by atoms with Gasteiger partial charge >= 0.3 is 0 Å². The monoisotopic (exact) mass is 458 g/mol. The topological polar surface area (TPSA) is 104 Å². The van der Waals surface area contributed by atoms with Gasteiger partial charge in [0.05, 0.1) is 10.9 Å². The molecule has 4 rings (SSSR count). The molecule has 1 heterocycles. The van der Waals surface area contributed by atoms with Gasteiger partial charge in [0.2, 0.25) is 5.91 Å². The lowest BCUT2D eigenvalue weighted by Crippen LogP contribution is -2.23. The summed E-state index contributed by atoms with van der Waals surface area (Å²) < 4.78 is 13.0. The van der Waals surface area contributed by atoms with Crippen molar-refractivity contribution in [1.29, 1.82) is 0 Å². The number of carbonyl (C=O) groups is 2. The number of aryl methyl sites for hydroxylation is 1. The maximum absolute atomic E-state index is 13.0. The number of fused-ring (bicyclic) bond motifs is 1. The van der Waals surface area contributed by atoms with E-state index >= 15 is 0 Å². The number of para-hydroxylation sites is 1. The summed E-state index contributed by atoms with van der Waals surface area (Å²) in [6.07, 6.45) is 1.32. The van der Waals surface area contributed by atoms with E-state index in [1.54, 1.807) is 36.4 Å². The molecule has 0 fully saturated rings. The van der Waals surface area contributed by atoms with Crippen LogP contribution in [-0.4, -0.2) is 21.8 Å². The highest BCUT2D eigenvalue weighted by atomic mass is 19.1. The van der Waals surface area contributed by atoms with Crippen molar-refractivity contribution in [3.05, 3.63) is 106 Å². The van der Waals surface area contributed by atoms with Crippen molar-refractivity contribution in [1.82, 2.24) is 15.3 Å². The Balaban J connectivity index is 1.26. The van der Waals surface area contributed by atoms with E-state index in [0.29, 0.717) is 47.4 Å². The van der Waals surface area contributed by atoms with Crippen molar-refractivity contribution in [2.75, 3.05) is 5.32 Å². The first-order valence-corrected chi connectivity index (χ1v) is 10.9. The Hall–Kier alpha value is -4.33. The molecule has 0 atom stereocenters. The van der Waals surface area contributed by atoms with Gasteiger partial charge < -0.3 is 15.6 Å². The second-order valence-electron chi connectivity index (χ2n) is 7.82. The fourth-order valence-corrected chi connectivity index (χ4v) is 3.52. The number of aromatic amines is 1. The van der Waals surface area contributed by atoms with Crippen molar-refractivity contribution in [2.24, 2.45) is 0 Å². The van der Waals surface area contributed by atoms with Crippen LogP contribution >= 0.6 is 0 Å². The Bertz CT molecular complexity index is 1380. The SMILES string of the molecule is O=C(CCCc1nc2ccccc2c(=O)[nH]1)NCc1cccc(NC(=O)c2ccc(F)cc2)c1. The molecule has 4 aromatic rings. The second kappa shape index (κ2) is 10.5. The van der Waals surface area contributed by atoms with Crippen LogP contribution in [0.3, 0.4) is 0 Å². The number of aromatic nitrogens is 2. The number of benzene rings is 3. The van der Waals surface area contributed by atoms with Crippen molar-refractivity contribution < 1.29 is 14.0 Å². The highest BCUT2D eigenvalue weighted by Gasteiger charge is 2.08. The van der Waals surface area contributed by atoms with E-state index in [1.165, 1.54) is 24.3 Å². The first kappa shape index (κ1) is 22.8. The molecule has 0 radical (unpaired) electrons. The largest absolute Gasteiger partial charge is 0.352 e. The summed E-state index contributed by atoms with van der Waals surface area (Å²) in [6.45, 7) is 0.310. The van der Waals surface area contributed by atoms with Gasteiger partial charge in [0, 0.05) is 30.6 Å². The Morgan fingerprint density at radius 1 is 0.971 bits per heavy atom. The lowest BCUT2D eigenvalue weighted by molar-refractivity contribution is -0.121. The molecular weight excluding hydrogens is 435 g/mol. The zero-order valence-electron chi connectivity index (χ0n) is 18.3. The maximum Gasteiger partial charge on any atom is 0.258 e. The van der Waals surface area contributed by atoms with Gasteiger partial charge in [-0.3, -0.25) is 14.4 Å². The molecule has 3 N–H and O–H groups in total. The molecule has 8 heteroatoms. The Morgan fingerprint density at radius 3 is 2.59 bits per heavy atom. The number of H-pyrrole nitrogens is 1. The molecule has 0 aliphatic rings. The molecule has 0 bridgehead atoms. The maximum atomic E-state index is 13.0. The van der Waals surface area contributed by atoms with Crippen LogP contribution in [0.1, 0.15) is 34.6 Å². The lowest BCUT2D eigenvalue weighted by Gasteiger charge is -2.09.